The van der Waals surface area contributed by atoms with Crippen molar-refractivity contribution in [2.45, 2.75) is 33.7 Å². The van der Waals surface area contributed by atoms with Gasteiger partial charge in [-0.2, -0.15) is 0 Å². The predicted octanol–water partition coefficient (Wildman–Crippen LogP) is 2.92. The first-order chi connectivity index (χ1) is 9.99. The van der Waals surface area contributed by atoms with Crippen LogP contribution in [0, 0.1) is 11.8 Å². The Hall–Kier alpha value is -1.55. The molecular weight excluding hydrogens is 264 g/mol. The quantitative estimate of drug-likeness (QED) is 0.684. The molecule has 0 amide bonds. The molecule has 0 spiro atoms. The van der Waals surface area contributed by atoms with E-state index in [1.54, 1.807) is 19.1 Å². The van der Waals surface area contributed by atoms with Crippen molar-refractivity contribution in [1.82, 2.24) is 4.90 Å². The van der Waals surface area contributed by atoms with Crippen LogP contribution < -0.4 is 5.73 Å². The molecule has 1 aromatic rings. The fraction of sp³-hybridized carbons (Fsp3) is 0.588. The molecule has 2 rings (SSSR count). The summed E-state index contributed by atoms with van der Waals surface area (Å²) in [6, 6.07) is 5.48. The average Bonchev–Trinajstić information content (AvgIpc) is 2.40. The lowest BCUT2D eigenvalue weighted by Gasteiger charge is -2.35. The number of hydrogen-bond donors (Lipinski definition) is 1. The summed E-state index contributed by atoms with van der Waals surface area (Å²) in [6.45, 7) is 9.86. The van der Waals surface area contributed by atoms with Crippen molar-refractivity contribution in [2.24, 2.45) is 11.8 Å². The molecule has 1 aliphatic heterocycles. The molecule has 1 aliphatic rings. The predicted molar refractivity (Wildman–Crippen MR) is 85.0 cm³/mol. The second-order valence-electron chi connectivity index (χ2n) is 6.27. The zero-order valence-corrected chi connectivity index (χ0v) is 13.3. The summed E-state index contributed by atoms with van der Waals surface area (Å²) in [5.74, 6) is 1.15. The summed E-state index contributed by atoms with van der Waals surface area (Å²) in [5.41, 5.74) is 8.39. The molecule has 1 fully saturated rings. The molecule has 4 nitrogen and oxygen atoms in total. The number of nitrogens with zero attached hydrogens (tertiary/aromatic N) is 1. The Balaban J connectivity index is 2.05. The minimum absolute atomic E-state index is 0.309. The van der Waals surface area contributed by atoms with E-state index in [1.807, 2.05) is 6.07 Å². The van der Waals surface area contributed by atoms with Crippen LogP contribution in [0.5, 0.6) is 0 Å². The number of benzene rings is 1. The summed E-state index contributed by atoms with van der Waals surface area (Å²) >= 11 is 0. The molecule has 0 aromatic heterocycles. The van der Waals surface area contributed by atoms with Gasteiger partial charge < -0.3 is 10.5 Å². The van der Waals surface area contributed by atoms with Gasteiger partial charge >= 0.3 is 5.97 Å². The third kappa shape index (κ3) is 4.21. The van der Waals surface area contributed by atoms with Crippen molar-refractivity contribution < 1.29 is 9.53 Å². The summed E-state index contributed by atoms with van der Waals surface area (Å²) in [6.07, 6.45) is 1.30. The van der Waals surface area contributed by atoms with E-state index in [0.717, 1.165) is 37.0 Å². The van der Waals surface area contributed by atoms with Gasteiger partial charge in [-0.05, 0) is 42.9 Å². The Kier molecular flexibility index (Phi) is 5.23. The van der Waals surface area contributed by atoms with E-state index in [1.165, 1.54) is 6.42 Å². The van der Waals surface area contributed by atoms with Crippen molar-refractivity contribution in [3.63, 3.8) is 0 Å². The topological polar surface area (TPSA) is 55.6 Å². The first kappa shape index (κ1) is 15.8. The van der Waals surface area contributed by atoms with Crippen molar-refractivity contribution in [3.8, 4) is 0 Å². The number of hydrogen-bond acceptors (Lipinski definition) is 4. The molecule has 0 bridgehead atoms. The molecule has 1 heterocycles. The van der Waals surface area contributed by atoms with E-state index in [2.05, 4.69) is 18.7 Å². The smallest absolute Gasteiger partial charge is 0.338 e. The molecule has 0 aliphatic carbocycles. The lowest BCUT2D eigenvalue weighted by Crippen LogP contribution is -2.38. The number of anilines is 1. The summed E-state index contributed by atoms with van der Waals surface area (Å²) in [7, 11) is 0. The lowest BCUT2D eigenvalue weighted by molar-refractivity contribution is 0.0526. The number of carbonyl (C=O) groups excluding carboxylic acids is 1. The van der Waals surface area contributed by atoms with Crippen LogP contribution in [0.1, 0.15) is 43.1 Å². The highest BCUT2D eigenvalue weighted by molar-refractivity contribution is 5.90. The maximum absolute atomic E-state index is 11.7. The number of likely N-dealkylation sites (tertiary alicyclic amines) is 1. The van der Waals surface area contributed by atoms with Gasteiger partial charge in [0.2, 0.25) is 0 Å². The molecule has 2 atom stereocenters. The Morgan fingerprint density at radius 1 is 1.33 bits per heavy atom. The molecule has 1 aromatic carbocycles. The van der Waals surface area contributed by atoms with Gasteiger partial charge in [0.15, 0.2) is 0 Å². The van der Waals surface area contributed by atoms with Gasteiger partial charge in [-0.15, -0.1) is 0 Å². The van der Waals surface area contributed by atoms with Crippen LogP contribution in [-0.4, -0.2) is 30.6 Å². The Bertz CT molecular complexity index is 492. The van der Waals surface area contributed by atoms with Crippen LogP contribution >= 0.6 is 0 Å². The maximum atomic E-state index is 11.7. The molecule has 2 N–H and O–H groups in total. The van der Waals surface area contributed by atoms with Crippen LogP contribution in [0.15, 0.2) is 18.2 Å². The number of piperidine rings is 1. The van der Waals surface area contributed by atoms with E-state index >= 15 is 0 Å². The third-order valence-electron chi connectivity index (χ3n) is 4.00. The molecule has 2 unspecified atom stereocenters. The molecule has 0 saturated carbocycles. The minimum Gasteiger partial charge on any atom is -0.462 e. The molecule has 116 valence electrons. The van der Waals surface area contributed by atoms with Gasteiger partial charge in [-0.25, -0.2) is 4.79 Å². The number of nitrogen functional groups attached to an aromatic ring is 1. The Labute approximate surface area is 127 Å². The van der Waals surface area contributed by atoms with Crippen LogP contribution in [0.4, 0.5) is 5.69 Å². The van der Waals surface area contributed by atoms with Crippen LogP contribution in [-0.2, 0) is 11.3 Å². The SMILES string of the molecule is CCOC(=O)c1ccc(CN2CC(C)CC(C)C2)c(N)c1. The zero-order chi connectivity index (χ0) is 15.4. The van der Waals surface area contributed by atoms with Gasteiger partial charge in [0, 0.05) is 25.3 Å². The molecule has 0 radical (unpaired) electrons. The first-order valence-corrected chi connectivity index (χ1v) is 7.77. The normalized spacial score (nSPS) is 23.0. The van der Waals surface area contributed by atoms with E-state index in [4.69, 9.17) is 10.5 Å². The Morgan fingerprint density at radius 2 is 2.00 bits per heavy atom. The zero-order valence-electron chi connectivity index (χ0n) is 13.3. The highest BCUT2D eigenvalue weighted by Gasteiger charge is 2.22. The third-order valence-corrected chi connectivity index (χ3v) is 4.00. The fourth-order valence-electron chi connectivity index (χ4n) is 3.24. The van der Waals surface area contributed by atoms with E-state index in [-0.39, 0.29) is 5.97 Å². The minimum atomic E-state index is -0.309. The van der Waals surface area contributed by atoms with Crippen LogP contribution in [0.25, 0.3) is 0 Å². The number of ether oxygens (including phenoxy) is 1. The fourth-order valence-corrected chi connectivity index (χ4v) is 3.24. The number of rotatable bonds is 4. The van der Waals surface area contributed by atoms with Gasteiger partial charge in [-0.3, -0.25) is 4.90 Å². The highest BCUT2D eigenvalue weighted by atomic mass is 16.5. The largest absolute Gasteiger partial charge is 0.462 e. The molecule has 21 heavy (non-hydrogen) atoms. The van der Waals surface area contributed by atoms with Crippen molar-refractivity contribution in [2.75, 3.05) is 25.4 Å². The summed E-state index contributed by atoms with van der Waals surface area (Å²) in [4.78, 5) is 14.1. The monoisotopic (exact) mass is 290 g/mol. The van der Waals surface area contributed by atoms with Gasteiger partial charge in [0.1, 0.15) is 0 Å². The van der Waals surface area contributed by atoms with Crippen LogP contribution in [0.3, 0.4) is 0 Å². The van der Waals surface area contributed by atoms with E-state index < -0.39 is 0 Å². The van der Waals surface area contributed by atoms with Gasteiger partial charge in [0.05, 0.1) is 12.2 Å². The van der Waals surface area contributed by atoms with Gasteiger partial charge in [-0.1, -0.05) is 19.9 Å². The second-order valence-corrected chi connectivity index (χ2v) is 6.27. The summed E-state index contributed by atoms with van der Waals surface area (Å²) < 4.78 is 5.00. The van der Waals surface area contributed by atoms with Crippen molar-refractivity contribution >= 4 is 11.7 Å². The lowest BCUT2D eigenvalue weighted by atomic mass is 9.91. The molecular formula is C17H26N2O2. The van der Waals surface area contributed by atoms with Crippen molar-refractivity contribution in [3.05, 3.63) is 29.3 Å². The van der Waals surface area contributed by atoms with Crippen molar-refractivity contribution in [1.29, 1.82) is 0 Å². The number of nitrogens with two attached hydrogens (primary N) is 1. The second kappa shape index (κ2) is 6.94. The highest BCUT2D eigenvalue weighted by Crippen LogP contribution is 2.24. The maximum Gasteiger partial charge on any atom is 0.338 e. The Morgan fingerprint density at radius 3 is 2.57 bits per heavy atom. The molecule has 4 heteroatoms. The standard InChI is InChI=1S/C17H26N2O2/c1-4-21-17(20)14-5-6-15(16(18)8-14)11-19-9-12(2)7-13(3)10-19/h5-6,8,12-13H,4,7,9-11,18H2,1-3H3. The van der Waals surface area contributed by atoms with Crippen LogP contribution in [0.2, 0.25) is 0 Å². The first-order valence-electron chi connectivity index (χ1n) is 7.77. The van der Waals surface area contributed by atoms with E-state index in [9.17, 15) is 4.79 Å². The average molecular weight is 290 g/mol. The summed E-state index contributed by atoms with van der Waals surface area (Å²) in [5, 5.41) is 0. The molecule has 1 saturated heterocycles. The number of esters is 1. The number of carbonyl (C=O) groups is 1. The van der Waals surface area contributed by atoms with E-state index in [0.29, 0.717) is 17.9 Å². The van der Waals surface area contributed by atoms with Gasteiger partial charge in [0.25, 0.3) is 0 Å².